The van der Waals surface area contributed by atoms with E-state index >= 15 is 0 Å². The molecule has 2 aromatic rings. The lowest BCUT2D eigenvalue weighted by atomic mass is 10.2. The molecule has 0 aliphatic rings. The van der Waals surface area contributed by atoms with Gasteiger partial charge >= 0.3 is 0 Å². The van der Waals surface area contributed by atoms with E-state index in [0.717, 1.165) is 11.8 Å². The number of hydrogen-bond acceptors (Lipinski definition) is 5. The van der Waals surface area contributed by atoms with Crippen LogP contribution in [0.5, 0.6) is 5.75 Å². The summed E-state index contributed by atoms with van der Waals surface area (Å²) in [6.45, 7) is -0.163. The number of carbonyl (C=O) groups is 2. The van der Waals surface area contributed by atoms with Crippen molar-refractivity contribution in [2.24, 2.45) is 0 Å². The first kappa shape index (κ1) is 20.2. The lowest BCUT2D eigenvalue weighted by molar-refractivity contribution is -0.127. The molecular formula is C18H21N3O5S. The summed E-state index contributed by atoms with van der Waals surface area (Å²) >= 11 is 0. The third-order valence-corrected chi connectivity index (χ3v) is 3.89. The highest BCUT2D eigenvalue weighted by molar-refractivity contribution is 7.92. The standard InChI is InChI=1S/C18H21N3O5S/c1-27(24,25)21-15-7-5-6-14(10-15)11-19-17(22)12-20-18(23)13-26-16-8-3-2-4-9-16/h2-10,21H,11-13H2,1H3,(H,19,22)(H,20,23). The number of sulfonamides is 1. The van der Waals surface area contributed by atoms with Crippen LogP contribution in [0.4, 0.5) is 5.69 Å². The van der Waals surface area contributed by atoms with Gasteiger partial charge in [0, 0.05) is 12.2 Å². The molecule has 0 bridgehead atoms. The third-order valence-electron chi connectivity index (χ3n) is 3.28. The number of amides is 2. The van der Waals surface area contributed by atoms with Crippen LogP contribution in [0.15, 0.2) is 54.6 Å². The van der Waals surface area contributed by atoms with Crippen LogP contribution in [0, 0.1) is 0 Å². The van der Waals surface area contributed by atoms with Gasteiger partial charge in [-0.25, -0.2) is 8.42 Å². The van der Waals surface area contributed by atoms with E-state index in [2.05, 4.69) is 15.4 Å². The molecule has 27 heavy (non-hydrogen) atoms. The van der Waals surface area contributed by atoms with E-state index in [-0.39, 0.29) is 25.6 Å². The van der Waals surface area contributed by atoms with Gasteiger partial charge in [0.15, 0.2) is 6.61 Å². The molecule has 3 N–H and O–H groups in total. The minimum atomic E-state index is -3.37. The Morgan fingerprint density at radius 3 is 2.41 bits per heavy atom. The maximum Gasteiger partial charge on any atom is 0.258 e. The van der Waals surface area contributed by atoms with Crippen LogP contribution in [0.2, 0.25) is 0 Å². The van der Waals surface area contributed by atoms with Gasteiger partial charge in [-0.2, -0.15) is 0 Å². The predicted octanol–water partition coefficient (Wildman–Crippen LogP) is 0.870. The van der Waals surface area contributed by atoms with E-state index < -0.39 is 15.9 Å². The number of rotatable bonds is 9. The van der Waals surface area contributed by atoms with E-state index in [1.165, 1.54) is 0 Å². The highest BCUT2D eigenvalue weighted by Gasteiger charge is 2.07. The van der Waals surface area contributed by atoms with Crippen LogP contribution in [-0.2, 0) is 26.2 Å². The van der Waals surface area contributed by atoms with Crippen LogP contribution in [0.3, 0.4) is 0 Å². The topological polar surface area (TPSA) is 114 Å². The zero-order valence-electron chi connectivity index (χ0n) is 14.8. The molecule has 144 valence electrons. The number of para-hydroxylation sites is 1. The molecule has 2 aromatic carbocycles. The fourth-order valence-electron chi connectivity index (χ4n) is 2.12. The zero-order valence-corrected chi connectivity index (χ0v) is 15.6. The van der Waals surface area contributed by atoms with Gasteiger partial charge in [0.2, 0.25) is 15.9 Å². The Balaban J connectivity index is 1.71. The molecule has 0 unspecified atom stereocenters. The molecule has 9 heteroatoms. The van der Waals surface area contributed by atoms with Crippen molar-refractivity contribution in [2.75, 3.05) is 24.1 Å². The number of hydrogen-bond donors (Lipinski definition) is 3. The molecule has 0 heterocycles. The van der Waals surface area contributed by atoms with Gasteiger partial charge in [-0.1, -0.05) is 30.3 Å². The van der Waals surface area contributed by atoms with Crippen LogP contribution < -0.4 is 20.1 Å². The highest BCUT2D eigenvalue weighted by atomic mass is 32.2. The second-order valence-corrected chi connectivity index (χ2v) is 7.48. The number of benzene rings is 2. The molecule has 0 aromatic heterocycles. The van der Waals surface area contributed by atoms with E-state index in [4.69, 9.17) is 4.74 Å². The fourth-order valence-corrected chi connectivity index (χ4v) is 2.67. The summed E-state index contributed by atoms with van der Waals surface area (Å²) in [4.78, 5) is 23.5. The summed E-state index contributed by atoms with van der Waals surface area (Å²) in [6, 6.07) is 15.5. The maximum atomic E-state index is 11.8. The summed E-state index contributed by atoms with van der Waals surface area (Å²) < 4.78 is 30.1. The van der Waals surface area contributed by atoms with Crippen molar-refractivity contribution < 1.29 is 22.7 Å². The van der Waals surface area contributed by atoms with Crippen LogP contribution >= 0.6 is 0 Å². The second kappa shape index (κ2) is 9.58. The van der Waals surface area contributed by atoms with Gasteiger partial charge in [-0.3, -0.25) is 14.3 Å². The minimum Gasteiger partial charge on any atom is -0.484 e. The first-order valence-corrected chi connectivity index (χ1v) is 9.99. The third kappa shape index (κ3) is 8.23. The smallest absolute Gasteiger partial charge is 0.258 e. The van der Waals surface area contributed by atoms with Gasteiger partial charge in [-0.05, 0) is 29.8 Å². The minimum absolute atomic E-state index is 0.182. The number of carbonyl (C=O) groups excluding carboxylic acids is 2. The molecule has 0 fully saturated rings. The molecule has 2 amide bonds. The molecule has 0 spiro atoms. The average Bonchev–Trinajstić information content (AvgIpc) is 2.63. The Morgan fingerprint density at radius 1 is 0.963 bits per heavy atom. The van der Waals surface area contributed by atoms with Gasteiger partial charge in [0.05, 0.1) is 12.8 Å². The van der Waals surface area contributed by atoms with Crippen molar-refractivity contribution in [3.8, 4) is 5.75 Å². The summed E-state index contributed by atoms with van der Waals surface area (Å²) in [5, 5.41) is 5.11. The first-order chi connectivity index (χ1) is 12.8. The van der Waals surface area contributed by atoms with Crippen molar-refractivity contribution in [3.63, 3.8) is 0 Å². The van der Waals surface area contributed by atoms with Crippen LogP contribution in [0.25, 0.3) is 0 Å². The summed E-state index contributed by atoms with van der Waals surface area (Å²) in [5.74, 6) is -0.211. The second-order valence-electron chi connectivity index (χ2n) is 5.73. The van der Waals surface area contributed by atoms with Crippen molar-refractivity contribution in [1.29, 1.82) is 0 Å². The first-order valence-electron chi connectivity index (χ1n) is 8.10. The maximum absolute atomic E-state index is 11.8. The van der Waals surface area contributed by atoms with Gasteiger partial charge in [0.25, 0.3) is 5.91 Å². The normalized spacial score (nSPS) is 10.7. The van der Waals surface area contributed by atoms with Gasteiger partial charge in [-0.15, -0.1) is 0 Å². The molecule has 0 radical (unpaired) electrons. The van der Waals surface area contributed by atoms with E-state index in [9.17, 15) is 18.0 Å². The van der Waals surface area contributed by atoms with E-state index in [1.54, 1.807) is 48.5 Å². The SMILES string of the molecule is CS(=O)(=O)Nc1cccc(CNC(=O)CNC(=O)COc2ccccc2)c1. The van der Waals surface area contributed by atoms with Crippen molar-refractivity contribution in [2.45, 2.75) is 6.54 Å². The Labute approximate surface area is 158 Å². The Hall–Kier alpha value is -3.07. The molecule has 0 aliphatic heterocycles. The van der Waals surface area contributed by atoms with Crippen molar-refractivity contribution in [1.82, 2.24) is 10.6 Å². The van der Waals surface area contributed by atoms with Gasteiger partial charge < -0.3 is 15.4 Å². The highest BCUT2D eigenvalue weighted by Crippen LogP contribution is 2.11. The van der Waals surface area contributed by atoms with Crippen molar-refractivity contribution >= 4 is 27.5 Å². The number of anilines is 1. The lowest BCUT2D eigenvalue weighted by Crippen LogP contribution is -2.38. The molecule has 0 saturated carbocycles. The van der Waals surface area contributed by atoms with Crippen LogP contribution in [-0.4, -0.2) is 39.6 Å². The summed E-state index contributed by atoms with van der Waals surface area (Å²) in [6.07, 6.45) is 1.06. The Bertz CT molecular complexity index is 885. The molecular weight excluding hydrogens is 370 g/mol. The molecule has 0 aliphatic carbocycles. The van der Waals surface area contributed by atoms with Crippen molar-refractivity contribution in [3.05, 3.63) is 60.2 Å². The number of ether oxygens (including phenoxy) is 1. The molecule has 0 saturated heterocycles. The summed E-state index contributed by atoms with van der Waals surface area (Å²) in [7, 11) is -3.37. The number of nitrogens with one attached hydrogen (secondary N) is 3. The van der Waals surface area contributed by atoms with E-state index in [0.29, 0.717) is 11.4 Å². The molecule has 8 nitrogen and oxygen atoms in total. The predicted molar refractivity (Wildman–Crippen MR) is 102 cm³/mol. The van der Waals surface area contributed by atoms with Crippen LogP contribution in [0.1, 0.15) is 5.56 Å². The average molecular weight is 391 g/mol. The fraction of sp³-hybridized carbons (Fsp3) is 0.222. The Kier molecular flexibility index (Phi) is 7.18. The Morgan fingerprint density at radius 2 is 1.70 bits per heavy atom. The quantitative estimate of drug-likeness (QED) is 0.587. The summed E-state index contributed by atoms with van der Waals surface area (Å²) in [5.41, 5.74) is 1.13. The molecule has 0 atom stereocenters. The molecule has 2 rings (SSSR count). The largest absolute Gasteiger partial charge is 0.484 e. The van der Waals surface area contributed by atoms with Gasteiger partial charge in [0.1, 0.15) is 5.75 Å². The monoisotopic (exact) mass is 391 g/mol. The lowest BCUT2D eigenvalue weighted by Gasteiger charge is -2.09. The zero-order chi connectivity index (χ0) is 19.7. The van der Waals surface area contributed by atoms with E-state index in [1.807, 2.05) is 6.07 Å².